The van der Waals surface area contributed by atoms with Crippen LogP contribution in [0.15, 0.2) is 41.3 Å². The number of rotatable bonds is 8. The Morgan fingerprint density at radius 3 is 2.56 bits per heavy atom. The van der Waals surface area contributed by atoms with Crippen molar-refractivity contribution < 1.29 is 31.9 Å². The number of amides is 1. The quantitative estimate of drug-likeness (QED) is 0.425. The average Bonchev–Trinajstić information content (AvgIpc) is 2.77. The predicted octanol–water partition coefficient (Wildman–Crippen LogP) is 3.53. The fraction of sp³-hybridized carbons (Fsp3) is 0.318. The molecule has 0 saturated carbocycles. The molecule has 0 aliphatic carbocycles. The maximum absolute atomic E-state index is 14.6. The standard InChI is InChI=1S/C22H21F5N4O3/c1-2-3-17(22(25,26)27)29-21(34)14-11-31(16-6-4-12(23)10-15(16)24)20-13(19(14)33)5-7-18(30-20)28-8-9-32/h4-7,10-11,17,32H,2-3,8-9H2,1H3,(H,28,30)(H,29,34). The summed E-state index contributed by atoms with van der Waals surface area (Å²) in [4.78, 5) is 29.9. The van der Waals surface area contributed by atoms with Crippen LogP contribution in [-0.2, 0) is 0 Å². The first kappa shape index (κ1) is 25.1. The highest BCUT2D eigenvalue weighted by molar-refractivity contribution is 5.97. The smallest absolute Gasteiger partial charge is 0.395 e. The summed E-state index contributed by atoms with van der Waals surface area (Å²) in [6, 6.07) is 3.01. The second-order valence-corrected chi connectivity index (χ2v) is 7.41. The molecular weight excluding hydrogens is 463 g/mol. The Balaban J connectivity index is 2.21. The number of anilines is 1. The number of hydrogen-bond donors (Lipinski definition) is 3. The number of aliphatic hydroxyl groups is 1. The molecule has 0 spiro atoms. The van der Waals surface area contributed by atoms with Gasteiger partial charge in [0.2, 0.25) is 5.43 Å². The number of fused-ring (bicyclic) bond motifs is 1. The van der Waals surface area contributed by atoms with Gasteiger partial charge in [0, 0.05) is 18.8 Å². The minimum Gasteiger partial charge on any atom is -0.395 e. The van der Waals surface area contributed by atoms with E-state index in [4.69, 9.17) is 5.11 Å². The summed E-state index contributed by atoms with van der Waals surface area (Å²) in [7, 11) is 0. The number of nitrogens with one attached hydrogen (secondary N) is 2. The zero-order valence-corrected chi connectivity index (χ0v) is 17.9. The molecule has 2 aromatic heterocycles. The largest absolute Gasteiger partial charge is 0.408 e. The van der Waals surface area contributed by atoms with Gasteiger partial charge in [0.15, 0.2) is 5.65 Å². The zero-order chi connectivity index (χ0) is 25.0. The van der Waals surface area contributed by atoms with E-state index in [1.165, 1.54) is 19.1 Å². The molecule has 1 amide bonds. The first-order chi connectivity index (χ1) is 16.1. The Morgan fingerprint density at radius 2 is 1.94 bits per heavy atom. The lowest BCUT2D eigenvalue weighted by atomic mass is 10.1. The van der Waals surface area contributed by atoms with Crippen LogP contribution in [0.3, 0.4) is 0 Å². The lowest BCUT2D eigenvalue weighted by molar-refractivity contribution is -0.154. The normalized spacial score (nSPS) is 12.6. The van der Waals surface area contributed by atoms with Crippen molar-refractivity contribution in [3.05, 3.63) is 63.9 Å². The van der Waals surface area contributed by atoms with Crippen molar-refractivity contribution in [1.29, 1.82) is 0 Å². The van der Waals surface area contributed by atoms with Gasteiger partial charge in [-0.3, -0.25) is 14.2 Å². The molecule has 3 aromatic rings. The monoisotopic (exact) mass is 484 g/mol. The third kappa shape index (κ3) is 5.33. The first-order valence-corrected chi connectivity index (χ1v) is 10.3. The molecule has 0 aliphatic rings. The molecule has 0 radical (unpaired) electrons. The van der Waals surface area contributed by atoms with Crippen LogP contribution >= 0.6 is 0 Å². The Bertz CT molecular complexity index is 1260. The van der Waals surface area contributed by atoms with Crippen molar-refractivity contribution in [3.8, 4) is 5.69 Å². The molecule has 0 saturated heterocycles. The van der Waals surface area contributed by atoms with Crippen molar-refractivity contribution >= 4 is 22.8 Å². The maximum Gasteiger partial charge on any atom is 0.408 e. The number of benzene rings is 1. The van der Waals surface area contributed by atoms with Crippen LogP contribution in [0.25, 0.3) is 16.7 Å². The van der Waals surface area contributed by atoms with Crippen LogP contribution < -0.4 is 16.1 Å². The number of carbonyl (C=O) groups is 1. The number of nitrogens with zero attached hydrogens (tertiary/aromatic N) is 2. The summed E-state index contributed by atoms with van der Waals surface area (Å²) >= 11 is 0. The summed E-state index contributed by atoms with van der Waals surface area (Å²) in [5.74, 6) is -3.02. The second kappa shape index (κ2) is 10.2. The summed E-state index contributed by atoms with van der Waals surface area (Å²) in [5, 5.41) is 13.4. The zero-order valence-electron chi connectivity index (χ0n) is 17.9. The van der Waals surface area contributed by atoms with E-state index in [1.807, 2.05) is 5.32 Å². The number of hydrogen-bond acceptors (Lipinski definition) is 5. The van der Waals surface area contributed by atoms with Crippen molar-refractivity contribution in [1.82, 2.24) is 14.9 Å². The first-order valence-electron chi connectivity index (χ1n) is 10.3. The van der Waals surface area contributed by atoms with Gasteiger partial charge in [-0.05, 0) is 30.7 Å². The summed E-state index contributed by atoms with van der Waals surface area (Å²) < 4.78 is 69.0. The van der Waals surface area contributed by atoms with E-state index in [1.54, 1.807) is 0 Å². The summed E-state index contributed by atoms with van der Waals surface area (Å²) in [6.07, 6.45) is -4.14. The third-order valence-corrected chi connectivity index (χ3v) is 4.96. The maximum atomic E-state index is 14.6. The number of pyridine rings is 2. The van der Waals surface area contributed by atoms with Crippen LogP contribution in [-0.4, -0.2) is 45.9 Å². The van der Waals surface area contributed by atoms with Gasteiger partial charge in [0.25, 0.3) is 5.91 Å². The third-order valence-electron chi connectivity index (χ3n) is 4.96. The van der Waals surface area contributed by atoms with Crippen LogP contribution in [0, 0.1) is 11.6 Å². The Labute approximate surface area is 190 Å². The molecule has 3 N–H and O–H groups in total. The molecule has 1 aromatic carbocycles. The second-order valence-electron chi connectivity index (χ2n) is 7.41. The van der Waals surface area contributed by atoms with Crippen LogP contribution in [0.1, 0.15) is 30.1 Å². The minimum atomic E-state index is -4.74. The number of halogens is 5. The van der Waals surface area contributed by atoms with Crippen molar-refractivity contribution in [2.45, 2.75) is 32.0 Å². The number of aromatic nitrogens is 2. The van der Waals surface area contributed by atoms with Crippen LogP contribution in [0.4, 0.5) is 27.8 Å². The van der Waals surface area contributed by atoms with E-state index in [2.05, 4.69) is 10.3 Å². The van der Waals surface area contributed by atoms with Gasteiger partial charge >= 0.3 is 6.18 Å². The number of carbonyl (C=O) groups excluding carboxylic acids is 1. The fourth-order valence-corrected chi connectivity index (χ4v) is 3.35. The predicted molar refractivity (Wildman–Crippen MR) is 115 cm³/mol. The highest BCUT2D eigenvalue weighted by Gasteiger charge is 2.40. The van der Waals surface area contributed by atoms with Gasteiger partial charge < -0.3 is 15.7 Å². The molecule has 1 unspecified atom stereocenters. The van der Waals surface area contributed by atoms with E-state index >= 15 is 0 Å². The van der Waals surface area contributed by atoms with Crippen LogP contribution in [0.2, 0.25) is 0 Å². The van der Waals surface area contributed by atoms with Gasteiger partial charge in [0.1, 0.15) is 29.1 Å². The van der Waals surface area contributed by atoms with E-state index in [-0.39, 0.29) is 42.1 Å². The van der Waals surface area contributed by atoms with Gasteiger partial charge in [-0.2, -0.15) is 13.2 Å². The molecule has 1 atom stereocenters. The Kier molecular flexibility index (Phi) is 7.50. The van der Waals surface area contributed by atoms with Gasteiger partial charge in [-0.15, -0.1) is 0 Å². The highest BCUT2D eigenvalue weighted by atomic mass is 19.4. The average molecular weight is 484 g/mol. The van der Waals surface area contributed by atoms with E-state index < -0.39 is 47.2 Å². The van der Waals surface area contributed by atoms with E-state index in [0.717, 1.165) is 22.9 Å². The van der Waals surface area contributed by atoms with E-state index in [0.29, 0.717) is 6.07 Å². The van der Waals surface area contributed by atoms with Gasteiger partial charge in [-0.25, -0.2) is 13.8 Å². The minimum absolute atomic E-state index is 0.115. The summed E-state index contributed by atoms with van der Waals surface area (Å²) in [6.45, 7) is 1.40. The molecule has 2 heterocycles. The van der Waals surface area contributed by atoms with Crippen molar-refractivity contribution in [2.24, 2.45) is 0 Å². The van der Waals surface area contributed by atoms with Gasteiger partial charge in [0.05, 0.1) is 17.7 Å². The van der Waals surface area contributed by atoms with Crippen molar-refractivity contribution in [2.75, 3.05) is 18.5 Å². The van der Waals surface area contributed by atoms with Crippen molar-refractivity contribution in [3.63, 3.8) is 0 Å². The molecule has 182 valence electrons. The molecule has 7 nitrogen and oxygen atoms in total. The molecule has 0 fully saturated rings. The Morgan fingerprint density at radius 1 is 1.21 bits per heavy atom. The lowest BCUT2D eigenvalue weighted by Crippen LogP contribution is -2.46. The van der Waals surface area contributed by atoms with E-state index in [9.17, 15) is 31.5 Å². The molecule has 0 bridgehead atoms. The highest BCUT2D eigenvalue weighted by Crippen LogP contribution is 2.25. The Hall–Kier alpha value is -3.54. The SMILES string of the molecule is CCCC(NC(=O)c1cn(-c2ccc(F)cc2F)c2nc(NCCO)ccc2c1=O)C(F)(F)F. The fourth-order valence-electron chi connectivity index (χ4n) is 3.35. The molecule has 12 heteroatoms. The number of aliphatic hydroxyl groups excluding tert-OH is 1. The van der Waals surface area contributed by atoms with Crippen LogP contribution in [0.5, 0.6) is 0 Å². The molecule has 0 aliphatic heterocycles. The molecule has 34 heavy (non-hydrogen) atoms. The lowest BCUT2D eigenvalue weighted by Gasteiger charge is -2.21. The molecular formula is C22H21F5N4O3. The topological polar surface area (TPSA) is 96.2 Å². The number of alkyl halides is 3. The van der Waals surface area contributed by atoms with Gasteiger partial charge in [-0.1, -0.05) is 13.3 Å². The molecule has 3 rings (SSSR count). The summed E-state index contributed by atoms with van der Waals surface area (Å²) in [5.41, 5.74) is -1.99.